The lowest BCUT2D eigenvalue weighted by Crippen LogP contribution is -1.75. The first-order valence-corrected chi connectivity index (χ1v) is 7.36. The second-order valence-corrected chi connectivity index (χ2v) is 6.12. The lowest BCUT2D eigenvalue weighted by atomic mass is 10.1. The van der Waals surface area contributed by atoms with Gasteiger partial charge >= 0.3 is 0 Å². The number of thiophene rings is 1. The van der Waals surface area contributed by atoms with E-state index in [0.29, 0.717) is 6.04 Å². The minimum absolute atomic E-state index is 0.606. The molecule has 0 atom stereocenters. The Morgan fingerprint density at radius 2 is 1.72 bits per heavy atom. The maximum Gasteiger partial charge on any atom is 0.0638 e. The van der Waals surface area contributed by atoms with Gasteiger partial charge in [-0.15, -0.1) is 11.3 Å². The number of rotatable bonds is 0. The van der Waals surface area contributed by atoms with E-state index in [2.05, 4.69) is 52.3 Å². The van der Waals surface area contributed by atoms with Crippen molar-refractivity contribution in [3.8, 4) is 0 Å². The zero-order valence-corrected chi connectivity index (χ0v) is 11.8. The van der Waals surface area contributed by atoms with Crippen LogP contribution in [0.25, 0.3) is 30.9 Å². The van der Waals surface area contributed by atoms with Gasteiger partial charge in [0.05, 0.1) is 6.07 Å². The number of benzene rings is 3. The molecule has 0 saturated carbocycles. The maximum atomic E-state index is 8.04. The predicted molar refractivity (Wildman–Crippen MR) is 84.5 cm³/mol. The minimum Gasteiger partial charge on any atom is -0.134 e. The number of fused-ring (bicyclic) bond motifs is 4. The smallest absolute Gasteiger partial charge is 0.0638 e. The second-order valence-electron chi connectivity index (χ2n) is 4.30. The van der Waals surface area contributed by atoms with Crippen molar-refractivity contribution in [3.63, 3.8) is 0 Å². The van der Waals surface area contributed by atoms with Gasteiger partial charge in [-0.05, 0) is 38.8 Å². The molecular weight excluding hydrogens is 304 g/mol. The lowest BCUT2D eigenvalue weighted by Gasteiger charge is -2.02. The van der Waals surface area contributed by atoms with E-state index < -0.39 is 0 Å². The van der Waals surface area contributed by atoms with Crippen LogP contribution in [0.15, 0.2) is 59.0 Å². The van der Waals surface area contributed by atoms with E-state index in [1.165, 1.54) is 26.2 Å². The second kappa shape index (κ2) is 3.81. The fraction of sp³-hybridized carbons (Fsp3) is 0. The van der Waals surface area contributed by atoms with Gasteiger partial charge in [-0.25, -0.2) is 0 Å². The molecule has 86 valence electrons. The third-order valence-electron chi connectivity index (χ3n) is 3.25. The maximum absolute atomic E-state index is 8.04. The first-order chi connectivity index (χ1) is 9.25. The van der Waals surface area contributed by atoms with Gasteiger partial charge in [0.1, 0.15) is 0 Å². The lowest BCUT2D eigenvalue weighted by molar-refractivity contribution is 1.79. The van der Waals surface area contributed by atoms with Gasteiger partial charge in [0.25, 0.3) is 0 Å². The summed E-state index contributed by atoms with van der Waals surface area (Å²) < 4.78 is 11.5. The molecule has 0 radical (unpaired) electrons. The molecule has 4 aromatic rings. The molecule has 18 heavy (non-hydrogen) atoms. The van der Waals surface area contributed by atoms with Crippen LogP contribution in [0, 0.1) is 0 Å². The highest BCUT2D eigenvalue weighted by atomic mass is 79.9. The minimum atomic E-state index is 0.606. The van der Waals surface area contributed by atoms with E-state index in [1.54, 1.807) is 11.3 Å². The molecule has 0 aliphatic heterocycles. The van der Waals surface area contributed by atoms with Crippen LogP contribution < -0.4 is 0 Å². The fourth-order valence-electron chi connectivity index (χ4n) is 2.40. The Balaban J connectivity index is 2.33. The van der Waals surface area contributed by atoms with E-state index >= 15 is 0 Å². The van der Waals surface area contributed by atoms with E-state index in [9.17, 15) is 0 Å². The summed E-state index contributed by atoms with van der Waals surface area (Å²) in [6.07, 6.45) is 0. The summed E-state index contributed by atoms with van der Waals surface area (Å²) >= 11 is 5.43. The summed E-state index contributed by atoms with van der Waals surface area (Å²) in [5.41, 5.74) is 0. The highest BCUT2D eigenvalue weighted by Gasteiger charge is 2.10. The average molecular weight is 314 g/mol. The van der Waals surface area contributed by atoms with E-state index in [0.717, 1.165) is 9.17 Å². The predicted octanol–water partition coefficient (Wildman–Crippen LogP) is 5.97. The van der Waals surface area contributed by atoms with Crippen molar-refractivity contribution in [1.29, 1.82) is 0 Å². The molecule has 0 aliphatic rings. The first-order valence-electron chi connectivity index (χ1n) is 6.25. The third-order valence-corrected chi connectivity index (χ3v) is 5.51. The summed E-state index contributed by atoms with van der Waals surface area (Å²) in [5, 5.41) is 4.88. The van der Waals surface area contributed by atoms with Gasteiger partial charge in [-0.1, -0.05) is 42.5 Å². The molecule has 0 amide bonds. The topological polar surface area (TPSA) is 0 Å². The van der Waals surface area contributed by atoms with Crippen LogP contribution in [0.3, 0.4) is 0 Å². The molecule has 0 nitrogen and oxygen atoms in total. The van der Waals surface area contributed by atoms with Gasteiger partial charge in [-0.3, -0.25) is 0 Å². The van der Waals surface area contributed by atoms with Crippen LogP contribution in [0.4, 0.5) is 0 Å². The molecule has 0 bridgehead atoms. The van der Waals surface area contributed by atoms with Gasteiger partial charge in [0.15, 0.2) is 0 Å². The SMILES string of the molecule is [2H]c1cccc2c1sc1c(Br)c3ccccc3cc12. The van der Waals surface area contributed by atoms with Crippen molar-refractivity contribution in [2.24, 2.45) is 0 Å². The Kier molecular flexibility index (Phi) is 2.02. The van der Waals surface area contributed by atoms with Crippen molar-refractivity contribution in [2.75, 3.05) is 0 Å². The van der Waals surface area contributed by atoms with Crippen LogP contribution in [-0.2, 0) is 0 Å². The number of hydrogen-bond donors (Lipinski definition) is 0. The Hall–Kier alpha value is -1.38. The van der Waals surface area contributed by atoms with E-state index in [-0.39, 0.29) is 0 Å². The van der Waals surface area contributed by atoms with Crippen molar-refractivity contribution in [3.05, 3.63) is 59.0 Å². The molecule has 0 aliphatic carbocycles. The summed E-state index contributed by atoms with van der Waals surface area (Å²) in [4.78, 5) is 0. The van der Waals surface area contributed by atoms with Crippen LogP contribution >= 0.6 is 27.3 Å². The zero-order valence-electron chi connectivity index (χ0n) is 10.4. The molecule has 0 spiro atoms. The van der Waals surface area contributed by atoms with Crippen molar-refractivity contribution >= 4 is 58.2 Å². The molecule has 1 aromatic heterocycles. The Labute approximate surface area is 118 Å². The normalized spacial score (nSPS) is 12.4. The van der Waals surface area contributed by atoms with Gasteiger partial charge in [0.2, 0.25) is 0 Å². The molecule has 0 fully saturated rings. The molecule has 0 saturated heterocycles. The molecule has 1 heterocycles. The summed E-state index contributed by atoms with van der Waals surface area (Å²) in [7, 11) is 0. The van der Waals surface area contributed by atoms with Gasteiger partial charge in [0, 0.05) is 19.9 Å². The molecule has 3 aromatic carbocycles. The third kappa shape index (κ3) is 1.36. The average Bonchev–Trinajstić information content (AvgIpc) is 2.80. The zero-order chi connectivity index (χ0) is 13.0. The quantitative estimate of drug-likeness (QED) is 0.375. The molecule has 4 rings (SSSR count). The largest absolute Gasteiger partial charge is 0.134 e. The Morgan fingerprint density at radius 1 is 0.944 bits per heavy atom. The van der Waals surface area contributed by atoms with Crippen LogP contribution in [-0.4, -0.2) is 0 Å². The van der Waals surface area contributed by atoms with Crippen molar-refractivity contribution in [2.45, 2.75) is 0 Å². The summed E-state index contributed by atoms with van der Waals surface area (Å²) in [6, 6.07) is 17.1. The van der Waals surface area contributed by atoms with Gasteiger partial charge < -0.3 is 0 Å². The summed E-state index contributed by atoms with van der Waals surface area (Å²) in [5.74, 6) is 0. The fourth-order valence-corrected chi connectivity index (χ4v) is 4.32. The van der Waals surface area contributed by atoms with E-state index in [1.807, 2.05) is 12.1 Å². The number of hydrogen-bond acceptors (Lipinski definition) is 1. The highest BCUT2D eigenvalue weighted by Crippen LogP contribution is 2.41. The standard InChI is InChI=1S/C16H9BrS/c17-15-11-6-2-1-5-10(11)9-13-12-7-3-4-8-14(12)18-16(13)15/h1-9H/i8D. The first kappa shape index (κ1) is 9.54. The van der Waals surface area contributed by atoms with Crippen molar-refractivity contribution in [1.82, 2.24) is 0 Å². The molecule has 0 N–H and O–H groups in total. The Morgan fingerprint density at radius 3 is 2.67 bits per heavy atom. The molecular formula is C16H9BrS. The number of halogens is 1. The van der Waals surface area contributed by atoms with Gasteiger partial charge in [-0.2, -0.15) is 0 Å². The van der Waals surface area contributed by atoms with Crippen molar-refractivity contribution < 1.29 is 1.37 Å². The summed E-state index contributed by atoms with van der Waals surface area (Å²) in [6.45, 7) is 0. The monoisotopic (exact) mass is 313 g/mol. The molecule has 2 heteroatoms. The highest BCUT2D eigenvalue weighted by molar-refractivity contribution is 9.11. The Bertz CT molecular complexity index is 940. The van der Waals surface area contributed by atoms with Crippen LogP contribution in [0.5, 0.6) is 0 Å². The van der Waals surface area contributed by atoms with Crippen LogP contribution in [0.1, 0.15) is 1.37 Å². The van der Waals surface area contributed by atoms with E-state index in [4.69, 9.17) is 1.37 Å². The molecule has 0 unspecified atom stereocenters. The van der Waals surface area contributed by atoms with Crippen LogP contribution in [0.2, 0.25) is 0 Å².